The fraction of sp³-hybridized carbons (Fsp3) is 0.571. The molecule has 0 aliphatic heterocycles. The number of likely N-dealkylation sites (N-methyl/N-ethyl adjacent to an activating group) is 1. The van der Waals surface area contributed by atoms with Gasteiger partial charge in [-0.15, -0.1) is 11.3 Å². The molecule has 0 saturated heterocycles. The summed E-state index contributed by atoms with van der Waals surface area (Å²) in [5, 5.41) is 11.3. The zero-order valence-corrected chi connectivity index (χ0v) is 12.9. The molecule has 2 aromatic rings. The maximum Gasteiger partial charge on any atom is 0.0947 e. The molecule has 2 heterocycles. The van der Waals surface area contributed by atoms with E-state index >= 15 is 0 Å². The first-order valence-electron chi connectivity index (χ1n) is 6.82. The van der Waals surface area contributed by atoms with Crippen LogP contribution in [0.5, 0.6) is 0 Å². The van der Waals surface area contributed by atoms with Crippen molar-refractivity contribution in [2.75, 3.05) is 7.05 Å². The third-order valence-corrected chi connectivity index (χ3v) is 4.26. The first kappa shape index (κ1) is 14.2. The number of thiazole rings is 1. The molecule has 0 saturated carbocycles. The van der Waals surface area contributed by atoms with E-state index in [-0.39, 0.29) is 6.04 Å². The molecule has 0 radical (unpaired) electrons. The van der Waals surface area contributed by atoms with Crippen molar-refractivity contribution >= 4 is 11.3 Å². The lowest BCUT2D eigenvalue weighted by Gasteiger charge is -2.16. The van der Waals surface area contributed by atoms with Crippen molar-refractivity contribution in [1.29, 1.82) is 0 Å². The summed E-state index contributed by atoms with van der Waals surface area (Å²) in [5.74, 6) is 0. The van der Waals surface area contributed by atoms with Gasteiger partial charge < -0.3 is 5.32 Å². The second-order valence-electron chi connectivity index (χ2n) is 4.66. The Kier molecular flexibility index (Phi) is 4.71. The van der Waals surface area contributed by atoms with Crippen molar-refractivity contribution in [2.24, 2.45) is 0 Å². The van der Waals surface area contributed by atoms with E-state index in [9.17, 15) is 0 Å². The predicted molar refractivity (Wildman–Crippen MR) is 79.6 cm³/mol. The Morgan fingerprint density at radius 1 is 1.42 bits per heavy atom. The van der Waals surface area contributed by atoms with E-state index in [4.69, 9.17) is 0 Å². The minimum absolute atomic E-state index is 0.276. The molecule has 2 rings (SSSR count). The maximum absolute atomic E-state index is 4.62. The number of nitrogens with one attached hydrogen (secondary N) is 1. The molecule has 1 unspecified atom stereocenters. The van der Waals surface area contributed by atoms with Crippen molar-refractivity contribution < 1.29 is 0 Å². The molecule has 1 N–H and O–H groups in total. The molecule has 2 aromatic heterocycles. The average Bonchev–Trinajstić information content (AvgIpc) is 3.01. The van der Waals surface area contributed by atoms with Crippen LogP contribution >= 0.6 is 11.3 Å². The average molecular weight is 278 g/mol. The topological polar surface area (TPSA) is 42.7 Å². The van der Waals surface area contributed by atoms with Gasteiger partial charge in [-0.05, 0) is 33.4 Å². The number of nitrogens with zero attached hydrogens (tertiary/aromatic N) is 3. The second-order valence-corrected chi connectivity index (χ2v) is 5.60. The van der Waals surface area contributed by atoms with Gasteiger partial charge in [-0.3, -0.25) is 4.68 Å². The summed E-state index contributed by atoms with van der Waals surface area (Å²) in [7, 11) is 2.00. The van der Waals surface area contributed by atoms with E-state index in [2.05, 4.69) is 45.4 Å². The first-order valence-corrected chi connectivity index (χ1v) is 7.70. The van der Waals surface area contributed by atoms with Crippen molar-refractivity contribution in [3.05, 3.63) is 33.5 Å². The quantitative estimate of drug-likeness (QED) is 0.883. The molecule has 104 valence electrons. The van der Waals surface area contributed by atoms with Crippen molar-refractivity contribution in [1.82, 2.24) is 20.1 Å². The van der Waals surface area contributed by atoms with Crippen molar-refractivity contribution in [2.45, 2.75) is 46.2 Å². The van der Waals surface area contributed by atoms with Crippen molar-refractivity contribution in [3.63, 3.8) is 0 Å². The molecule has 0 bridgehead atoms. The molecule has 0 aliphatic rings. The lowest BCUT2D eigenvalue weighted by Crippen LogP contribution is -2.22. The molecule has 0 aliphatic carbocycles. The Labute approximate surface area is 118 Å². The number of hydrogen-bond acceptors (Lipinski definition) is 4. The molecular formula is C14H22N4S. The molecule has 0 aromatic carbocycles. The van der Waals surface area contributed by atoms with Crippen LogP contribution in [0.4, 0.5) is 0 Å². The summed E-state index contributed by atoms with van der Waals surface area (Å²) in [4.78, 5) is 4.56. The Balaban J connectivity index is 2.23. The van der Waals surface area contributed by atoms with Gasteiger partial charge in [-0.2, -0.15) is 5.10 Å². The second kappa shape index (κ2) is 6.30. The van der Waals surface area contributed by atoms with Crippen LogP contribution in [0, 0.1) is 6.92 Å². The standard InChI is InChI=1S/C14H22N4S/c1-5-11-7-13(18(6-2)17-11)12(15-4)8-14-16-10(3)9-19-14/h7,9,12,15H,5-6,8H2,1-4H3. The van der Waals surface area contributed by atoms with Crippen molar-refractivity contribution in [3.8, 4) is 0 Å². The highest BCUT2D eigenvalue weighted by atomic mass is 32.1. The van der Waals surface area contributed by atoms with Crippen LogP contribution < -0.4 is 5.32 Å². The molecular weight excluding hydrogens is 256 g/mol. The van der Waals surface area contributed by atoms with Gasteiger partial charge in [-0.25, -0.2) is 4.98 Å². The largest absolute Gasteiger partial charge is 0.311 e. The van der Waals surface area contributed by atoms with Gasteiger partial charge in [0.2, 0.25) is 0 Å². The predicted octanol–water partition coefficient (Wildman–Crippen LogP) is 2.73. The summed E-state index contributed by atoms with van der Waals surface area (Å²) in [5.41, 5.74) is 3.52. The van der Waals surface area contributed by atoms with Crippen LogP contribution in [0.3, 0.4) is 0 Å². The number of hydrogen-bond donors (Lipinski definition) is 1. The molecule has 1 atom stereocenters. The highest BCUT2D eigenvalue weighted by Gasteiger charge is 2.17. The fourth-order valence-electron chi connectivity index (χ4n) is 2.22. The number of aromatic nitrogens is 3. The molecule has 5 heteroatoms. The minimum atomic E-state index is 0.276. The smallest absolute Gasteiger partial charge is 0.0947 e. The lowest BCUT2D eigenvalue weighted by atomic mass is 10.1. The molecule has 0 spiro atoms. The van der Waals surface area contributed by atoms with Crippen LogP contribution in [0.15, 0.2) is 11.4 Å². The summed E-state index contributed by atoms with van der Waals surface area (Å²) in [6.45, 7) is 7.23. The monoisotopic (exact) mass is 278 g/mol. The summed E-state index contributed by atoms with van der Waals surface area (Å²) >= 11 is 1.73. The van der Waals surface area contributed by atoms with E-state index in [1.807, 2.05) is 14.0 Å². The van der Waals surface area contributed by atoms with E-state index in [1.165, 1.54) is 10.7 Å². The molecule has 19 heavy (non-hydrogen) atoms. The van der Waals surface area contributed by atoms with Crippen LogP contribution in [-0.2, 0) is 19.4 Å². The van der Waals surface area contributed by atoms with Gasteiger partial charge in [0, 0.05) is 24.0 Å². The van der Waals surface area contributed by atoms with Gasteiger partial charge in [-0.1, -0.05) is 6.92 Å². The zero-order chi connectivity index (χ0) is 13.8. The van der Waals surface area contributed by atoms with Gasteiger partial charge in [0.25, 0.3) is 0 Å². The number of rotatable bonds is 6. The van der Waals surface area contributed by atoms with E-state index in [1.54, 1.807) is 11.3 Å². The van der Waals surface area contributed by atoms with Gasteiger partial charge >= 0.3 is 0 Å². The minimum Gasteiger partial charge on any atom is -0.311 e. The third-order valence-electron chi connectivity index (χ3n) is 3.27. The first-order chi connectivity index (χ1) is 9.17. The van der Waals surface area contributed by atoms with Crippen LogP contribution in [0.2, 0.25) is 0 Å². The molecule has 0 amide bonds. The number of aryl methyl sites for hydroxylation is 3. The Bertz CT molecular complexity index is 529. The molecule has 0 fully saturated rings. The highest BCUT2D eigenvalue weighted by molar-refractivity contribution is 7.09. The van der Waals surface area contributed by atoms with Gasteiger partial charge in [0.05, 0.1) is 22.4 Å². The SMILES string of the molecule is CCc1cc(C(Cc2nc(C)cs2)NC)n(CC)n1. The molecule has 4 nitrogen and oxygen atoms in total. The van der Waals surface area contributed by atoms with Crippen LogP contribution in [-0.4, -0.2) is 21.8 Å². The highest BCUT2D eigenvalue weighted by Crippen LogP contribution is 2.21. The Morgan fingerprint density at radius 2 is 2.21 bits per heavy atom. The Hall–Kier alpha value is -1.20. The summed E-state index contributed by atoms with van der Waals surface area (Å²) in [6, 6.07) is 2.49. The summed E-state index contributed by atoms with van der Waals surface area (Å²) < 4.78 is 2.10. The van der Waals surface area contributed by atoms with Gasteiger partial charge in [0.15, 0.2) is 0 Å². The van der Waals surface area contributed by atoms with Gasteiger partial charge in [0.1, 0.15) is 0 Å². The zero-order valence-electron chi connectivity index (χ0n) is 12.1. The third kappa shape index (κ3) is 3.22. The normalized spacial score (nSPS) is 12.8. The maximum atomic E-state index is 4.62. The lowest BCUT2D eigenvalue weighted by molar-refractivity contribution is 0.511. The van der Waals surface area contributed by atoms with E-state index in [0.717, 1.165) is 30.8 Å². The fourth-order valence-corrected chi connectivity index (χ4v) is 3.04. The van der Waals surface area contributed by atoms with Crippen LogP contribution in [0.25, 0.3) is 0 Å². The van der Waals surface area contributed by atoms with Crippen LogP contribution in [0.1, 0.15) is 42.0 Å². The van der Waals surface area contributed by atoms with E-state index in [0.29, 0.717) is 0 Å². The summed E-state index contributed by atoms with van der Waals surface area (Å²) in [6.07, 6.45) is 1.90. The Morgan fingerprint density at radius 3 is 2.74 bits per heavy atom. The van der Waals surface area contributed by atoms with E-state index < -0.39 is 0 Å².